The van der Waals surface area contributed by atoms with Gasteiger partial charge in [-0.25, -0.2) is 9.97 Å². The number of imidazole rings is 2. The average Bonchev–Trinajstić information content (AvgIpc) is 2.93. The quantitative estimate of drug-likeness (QED) is 0.567. The zero-order chi connectivity index (χ0) is 12.0. The molecule has 0 aliphatic carbocycles. The van der Waals surface area contributed by atoms with Gasteiger partial charge >= 0.3 is 11.9 Å². The van der Waals surface area contributed by atoms with Gasteiger partial charge in [-0.3, -0.25) is 0 Å². The van der Waals surface area contributed by atoms with Crippen LogP contribution >= 0.6 is 0 Å². The monoisotopic (exact) mass is 226 g/mol. The number of aromatic nitrogens is 4. The molecule has 0 radical (unpaired) electrons. The predicted octanol–water partition coefficient (Wildman–Crippen LogP) is 0.636. The van der Waals surface area contributed by atoms with E-state index in [-0.39, 0.29) is 11.9 Å². The highest BCUT2D eigenvalue weighted by molar-refractivity contribution is 5.01. The van der Waals surface area contributed by atoms with Crippen LogP contribution in [0.3, 0.4) is 0 Å². The smallest absolute Gasteiger partial charge is 0.390 e. The Morgan fingerprint density at radius 1 is 0.938 bits per heavy atom. The second-order valence-electron chi connectivity index (χ2n) is 2.34. The zero-order valence-corrected chi connectivity index (χ0v) is 7.73. The standard InChI is InChI=1S/2C3H3N3O2/c2*7-6(8)3-4-1-2-5-3/h2*1-2H,(H,4,5). The van der Waals surface area contributed by atoms with E-state index >= 15 is 0 Å². The molecule has 2 heterocycles. The molecule has 2 aromatic rings. The van der Waals surface area contributed by atoms with Crippen LogP contribution in [0.2, 0.25) is 0 Å². The molecule has 0 fully saturated rings. The van der Waals surface area contributed by atoms with Crippen LogP contribution in [0.25, 0.3) is 0 Å². The van der Waals surface area contributed by atoms with Crippen molar-refractivity contribution in [3.8, 4) is 0 Å². The van der Waals surface area contributed by atoms with Crippen LogP contribution in [0.4, 0.5) is 11.9 Å². The topological polar surface area (TPSA) is 144 Å². The van der Waals surface area contributed by atoms with Gasteiger partial charge in [0.05, 0.1) is 12.4 Å². The van der Waals surface area contributed by atoms with E-state index in [0.29, 0.717) is 0 Å². The Labute approximate surface area is 87.7 Å². The summed E-state index contributed by atoms with van der Waals surface area (Å²) in [5.41, 5.74) is 0. The molecule has 10 heteroatoms. The third-order valence-corrected chi connectivity index (χ3v) is 1.31. The Bertz CT molecular complexity index is 405. The van der Waals surface area contributed by atoms with Crippen molar-refractivity contribution in [1.29, 1.82) is 0 Å². The zero-order valence-electron chi connectivity index (χ0n) is 7.73. The summed E-state index contributed by atoms with van der Waals surface area (Å²) in [5.74, 6) is -0.435. The van der Waals surface area contributed by atoms with E-state index in [0.717, 1.165) is 0 Å². The summed E-state index contributed by atoms with van der Waals surface area (Å²) in [5, 5.41) is 19.5. The minimum absolute atomic E-state index is 0.218. The van der Waals surface area contributed by atoms with Gasteiger partial charge in [-0.2, -0.15) is 0 Å². The Kier molecular flexibility index (Phi) is 3.66. The number of aromatic amines is 2. The predicted molar refractivity (Wildman–Crippen MR) is 50.5 cm³/mol. The maximum absolute atomic E-state index is 9.77. The molecule has 0 atom stereocenters. The second-order valence-corrected chi connectivity index (χ2v) is 2.34. The van der Waals surface area contributed by atoms with Gasteiger partial charge in [0.1, 0.15) is 12.4 Å². The molecular formula is C6H6N6O4. The van der Waals surface area contributed by atoms with Gasteiger partial charge in [-0.1, -0.05) is 9.97 Å². The molecule has 10 nitrogen and oxygen atoms in total. The van der Waals surface area contributed by atoms with Gasteiger partial charge in [0, 0.05) is 0 Å². The first-order valence-corrected chi connectivity index (χ1v) is 3.89. The molecule has 16 heavy (non-hydrogen) atoms. The van der Waals surface area contributed by atoms with Crippen LogP contribution < -0.4 is 0 Å². The number of hydrogen-bond donors (Lipinski definition) is 2. The van der Waals surface area contributed by atoms with Crippen molar-refractivity contribution >= 4 is 11.9 Å². The summed E-state index contributed by atoms with van der Waals surface area (Å²) in [4.78, 5) is 29.8. The summed E-state index contributed by atoms with van der Waals surface area (Å²) < 4.78 is 0. The fourth-order valence-corrected chi connectivity index (χ4v) is 0.714. The van der Waals surface area contributed by atoms with E-state index in [1.165, 1.54) is 24.8 Å². The van der Waals surface area contributed by atoms with Gasteiger partial charge in [0.2, 0.25) is 0 Å². The maximum atomic E-state index is 9.77. The number of nitrogens with one attached hydrogen (secondary N) is 2. The molecule has 0 saturated carbocycles. The molecule has 0 aliphatic heterocycles. The van der Waals surface area contributed by atoms with Crippen LogP contribution in [0.5, 0.6) is 0 Å². The Balaban J connectivity index is 0.000000160. The summed E-state index contributed by atoms with van der Waals surface area (Å²) in [6, 6.07) is 0. The molecule has 2 N–H and O–H groups in total. The second kappa shape index (κ2) is 5.19. The Hall–Kier alpha value is -2.78. The lowest BCUT2D eigenvalue weighted by molar-refractivity contribution is -0.394. The van der Waals surface area contributed by atoms with Crippen molar-refractivity contribution < 1.29 is 9.85 Å². The Morgan fingerprint density at radius 2 is 1.31 bits per heavy atom. The SMILES string of the molecule is O=[N+]([O-])c1ncc[nH]1.O=[N+]([O-])c1ncc[nH]1. The maximum Gasteiger partial charge on any atom is 0.432 e. The highest BCUT2D eigenvalue weighted by Gasteiger charge is 2.01. The van der Waals surface area contributed by atoms with Crippen molar-refractivity contribution in [2.45, 2.75) is 0 Å². The van der Waals surface area contributed by atoms with Gasteiger partial charge in [0.15, 0.2) is 0 Å². The van der Waals surface area contributed by atoms with Gasteiger partial charge in [0.25, 0.3) is 0 Å². The number of rotatable bonds is 2. The number of H-pyrrole nitrogens is 2. The fourth-order valence-electron chi connectivity index (χ4n) is 0.714. The lowest BCUT2D eigenvalue weighted by Crippen LogP contribution is -1.88. The first-order valence-electron chi connectivity index (χ1n) is 3.89. The van der Waals surface area contributed by atoms with Crippen LogP contribution in [0, 0.1) is 20.2 Å². The summed E-state index contributed by atoms with van der Waals surface area (Å²) >= 11 is 0. The minimum atomic E-state index is -0.583. The van der Waals surface area contributed by atoms with Gasteiger partial charge in [-0.15, -0.1) is 0 Å². The lowest BCUT2D eigenvalue weighted by Gasteiger charge is -1.83. The molecule has 84 valence electrons. The molecule has 0 saturated heterocycles. The molecule has 2 aromatic heterocycles. The van der Waals surface area contributed by atoms with E-state index in [1.54, 1.807) is 0 Å². The lowest BCUT2D eigenvalue weighted by atomic mass is 11.0. The van der Waals surface area contributed by atoms with Crippen molar-refractivity contribution in [3.05, 3.63) is 45.0 Å². The van der Waals surface area contributed by atoms with Gasteiger partial charge < -0.3 is 20.2 Å². The van der Waals surface area contributed by atoms with E-state index in [2.05, 4.69) is 19.9 Å². The number of nitro groups is 2. The van der Waals surface area contributed by atoms with Gasteiger partial charge in [-0.05, 0) is 9.85 Å². The van der Waals surface area contributed by atoms with Crippen molar-refractivity contribution in [3.63, 3.8) is 0 Å². The summed E-state index contributed by atoms with van der Waals surface area (Å²) in [7, 11) is 0. The molecule has 0 unspecified atom stereocenters. The molecule has 0 aromatic carbocycles. The third-order valence-electron chi connectivity index (χ3n) is 1.31. The highest BCUT2D eigenvalue weighted by atomic mass is 16.6. The highest BCUT2D eigenvalue weighted by Crippen LogP contribution is 1.97. The van der Waals surface area contributed by atoms with Crippen LogP contribution in [0.1, 0.15) is 0 Å². The first-order chi connectivity index (χ1) is 7.61. The van der Waals surface area contributed by atoms with E-state index < -0.39 is 9.85 Å². The van der Waals surface area contributed by atoms with Crippen LogP contribution in [-0.2, 0) is 0 Å². The summed E-state index contributed by atoms with van der Waals surface area (Å²) in [6.07, 6.45) is 5.46. The first kappa shape index (κ1) is 11.3. The van der Waals surface area contributed by atoms with Crippen LogP contribution in [-0.4, -0.2) is 29.8 Å². The molecule has 0 aliphatic rings. The fraction of sp³-hybridized carbons (Fsp3) is 0. The van der Waals surface area contributed by atoms with E-state index in [9.17, 15) is 20.2 Å². The summed E-state index contributed by atoms with van der Waals surface area (Å²) in [6.45, 7) is 0. The molecule has 0 amide bonds. The number of hydrogen-bond acceptors (Lipinski definition) is 6. The normalized spacial score (nSPS) is 9.00. The van der Waals surface area contributed by atoms with E-state index in [1.807, 2.05) is 0 Å². The van der Waals surface area contributed by atoms with E-state index in [4.69, 9.17) is 0 Å². The molecule has 2 rings (SSSR count). The molecule has 0 spiro atoms. The van der Waals surface area contributed by atoms with Crippen molar-refractivity contribution in [1.82, 2.24) is 19.9 Å². The third kappa shape index (κ3) is 3.17. The average molecular weight is 226 g/mol. The Morgan fingerprint density at radius 3 is 1.44 bits per heavy atom. The largest absolute Gasteiger partial charge is 0.432 e. The van der Waals surface area contributed by atoms with Crippen LogP contribution in [0.15, 0.2) is 24.8 Å². The van der Waals surface area contributed by atoms with Crippen molar-refractivity contribution in [2.75, 3.05) is 0 Å². The molecular weight excluding hydrogens is 220 g/mol. The minimum Gasteiger partial charge on any atom is -0.390 e. The molecule has 0 bridgehead atoms. The number of nitrogens with zero attached hydrogens (tertiary/aromatic N) is 4. The van der Waals surface area contributed by atoms with Crippen molar-refractivity contribution in [2.24, 2.45) is 0 Å².